The van der Waals surface area contributed by atoms with Crippen LogP contribution in [-0.2, 0) is 14.4 Å². The van der Waals surface area contributed by atoms with Crippen molar-refractivity contribution in [2.45, 2.75) is 45.1 Å². The molecule has 1 rings (SSSR count). The summed E-state index contributed by atoms with van der Waals surface area (Å²) in [4.78, 5) is 34.3. The number of hydrogen-bond donors (Lipinski definition) is 5. The number of rotatable bonds is 5. The first kappa shape index (κ1) is 16.4. The Hall–Kier alpha value is -1.67. The van der Waals surface area contributed by atoms with E-state index >= 15 is 0 Å². The van der Waals surface area contributed by atoms with Crippen molar-refractivity contribution in [1.82, 2.24) is 16.2 Å². The van der Waals surface area contributed by atoms with Crippen LogP contribution in [0.1, 0.15) is 39.0 Å². The number of hydrogen-bond acceptors (Lipinski definition) is 5. The Bertz CT molecular complexity index is 358. The van der Waals surface area contributed by atoms with Crippen molar-refractivity contribution in [2.24, 2.45) is 23.5 Å². The third-order valence-corrected chi connectivity index (χ3v) is 3.68. The van der Waals surface area contributed by atoms with Gasteiger partial charge in [0.15, 0.2) is 0 Å². The van der Waals surface area contributed by atoms with Crippen molar-refractivity contribution in [3.05, 3.63) is 0 Å². The van der Waals surface area contributed by atoms with Crippen LogP contribution in [0.15, 0.2) is 0 Å². The molecule has 1 aliphatic carbocycles. The Morgan fingerprint density at radius 3 is 2.25 bits per heavy atom. The van der Waals surface area contributed by atoms with Gasteiger partial charge >= 0.3 is 0 Å². The zero-order valence-corrected chi connectivity index (χ0v) is 11.6. The van der Waals surface area contributed by atoms with E-state index in [2.05, 4.69) is 5.32 Å². The third-order valence-electron chi connectivity index (χ3n) is 3.68. The quantitative estimate of drug-likeness (QED) is 0.184. The first-order valence-corrected chi connectivity index (χ1v) is 6.76. The summed E-state index contributed by atoms with van der Waals surface area (Å²) in [6, 6.07) is 0.105. The van der Waals surface area contributed by atoms with Gasteiger partial charge in [-0.15, -0.1) is 0 Å². The van der Waals surface area contributed by atoms with E-state index in [9.17, 15) is 14.4 Å². The summed E-state index contributed by atoms with van der Waals surface area (Å²) in [5, 5.41) is 2.88. The SMILES string of the molecule is CC(=O)N[C@@H]1CCC[C@@H](CC(C(=O)NN)C(=O)NN)C1. The molecule has 1 saturated carbocycles. The molecule has 0 aromatic rings. The Morgan fingerprint density at radius 2 is 1.75 bits per heavy atom. The minimum absolute atomic E-state index is 0.0633. The number of carbonyl (C=O) groups excluding carboxylic acids is 3. The fraction of sp³-hybridized carbons (Fsp3) is 0.750. The Morgan fingerprint density at radius 1 is 1.15 bits per heavy atom. The number of nitrogens with one attached hydrogen (secondary N) is 3. The van der Waals surface area contributed by atoms with Gasteiger partial charge in [-0.05, 0) is 25.2 Å². The maximum atomic E-state index is 11.6. The summed E-state index contributed by atoms with van der Waals surface area (Å²) in [5.41, 5.74) is 3.98. The van der Waals surface area contributed by atoms with Crippen LogP contribution >= 0.6 is 0 Å². The molecule has 8 nitrogen and oxygen atoms in total. The Kier molecular flexibility index (Phi) is 6.40. The normalized spacial score (nSPS) is 22.2. The molecule has 0 aromatic carbocycles. The average molecular weight is 285 g/mol. The van der Waals surface area contributed by atoms with E-state index in [0.29, 0.717) is 6.42 Å². The highest BCUT2D eigenvalue weighted by molar-refractivity contribution is 5.99. The van der Waals surface area contributed by atoms with E-state index in [4.69, 9.17) is 11.7 Å². The minimum atomic E-state index is -0.897. The zero-order chi connectivity index (χ0) is 15.1. The molecule has 2 atom stereocenters. The topological polar surface area (TPSA) is 139 Å². The lowest BCUT2D eigenvalue weighted by atomic mass is 9.80. The molecule has 0 radical (unpaired) electrons. The Balaban J connectivity index is 2.61. The van der Waals surface area contributed by atoms with Gasteiger partial charge in [0.05, 0.1) is 0 Å². The van der Waals surface area contributed by atoms with E-state index in [1.54, 1.807) is 0 Å². The molecule has 0 aromatic heterocycles. The lowest BCUT2D eigenvalue weighted by Crippen LogP contribution is -2.47. The van der Waals surface area contributed by atoms with E-state index in [1.807, 2.05) is 10.9 Å². The lowest BCUT2D eigenvalue weighted by Gasteiger charge is -2.31. The van der Waals surface area contributed by atoms with Crippen LogP contribution in [0.4, 0.5) is 0 Å². The lowest BCUT2D eigenvalue weighted by molar-refractivity contribution is -0.136. The van der Waals surface area contributed by atoms with E-state index in [0.717, 1.165) is 25.7 Å². The summed E-state index contributed by atoms with van der Waals surface area (Å²) < 4.78 is 0. The number of hydrazine groups is 2. The second kappa shape index (κ2) is 7.81. The minimum Gasteiger partial charge on any atom is -0.354 e. The summed E-state index contributed by atoms with van der Waals surface area (Å²) in [6.45, 7) is 1.48. The van der Waals surface area contributed by atoms with Crippen molar-refractivity contribution in [3.63, 3.8) is 0 Å². The molecule has 0 spiro atoms. The average Bonchev–Trinajstić information content (AvgIpc) is 2.42. The second-order valence-corrected chi connectivity index (χ2v) is 5.24. The molecule has 7 N–H and O–H groups in total. The molecule has 1 fully saturated rings. The van der Waals surface area contributed by atoms with Crippen molar-refractivity contribution < 1.29 is 14.4 Å². The molecular formula is C12H23N5O3. The standard InChI is InChI=1S/C12H23N5O3/c1-7(18)15-9-4-2-3-8(5-9)6-10(11(19)16-13)12(20)17-14/h8-10H,2-6,13-14H2,1H3,(H,15,18)(H,16,19)(H,17,20)/t8-,9-/m1/s1. The molecule has 0 saturated heterocycles. The molecule has 20 heavy (non-hydrogen) atoms. The van der Waals surface area contributed by atoms with Gasteiger partial charge in [0.1, 0.15) is 5.92 Å². The van der Waals surface area contributed by atoms with Gasteiger partial charge in [-0.1, -0.05) is 12.8 Å². The van der Waals surface area contributed by atoms with Crippen LogP contribution in [0, 0.1) is 11.8 Å². The molecule has 114 valence electrons. The van der Waals surface area contributed by atoms with Crippen molar-refractivity contribution >= 4 is 17.7 Å². The first-order chi connectivity index (χ1) is 9.47. The summed E-state index contributed by atoms with van der Waals surface area (Å²) >= 11 is 0. The predicted molar refractivity (Wildman–Crippen MR) is 72.3 cm³/mol. The van der Waals surface area contributed by atoms with Gasteiger partial charge in [0.2, 0.25) is 17.7 Å². The van der Waals surface area contributed by atoms with Gasteiger partial charge < -0.3 is 5.32 Å². The van der Waals surface area contributed by atoms with Gasteiger partial charge in [-0.2, -0.15) is 0 Å². The highest BCUT2D eigenvalue weighted by atomic mass is 16.2. The molecule has 0 unspecified atom stereocenters. The smallest absolute Gasteiger partial charge is 0.246 e. The van der Waals surface area contributed by atoms with Crippen LogP contribution in [-0.4, -0.2) is 23.8 Å². The summed E-state index contributed by atoms with van der Waals surface area (Å²) in [7, 11) is 0. The molecule has 8 heteroatoms. The zero-order valence-electron chi connectivity index (χ0n) is 11.6. The van der Waals surface area contributed by atoms with E-state index < -0.39 is 17.7 Å². The number of amides is 3. The molecule has 0 bridgehead atoms. The molecule has 3 amide bonds. The molecule has 0 aliphatic heterocycles. The molecular weight excluding hydrogens is 262 g/mol. The van der Waals surface area contributed by atoms with Gasteiger partial charge in [-0.3, -0.25) is 25.2 Å². The maximum Gasteiger partial charge on any atom is 0.246 e. The summed E-state index contributed by atoms with van der Waals surface area (Å²) in [5.74, 6) is 8.30. The predicted octanol–water partition coefficient (Wildman–Crippen LogP) is -1.33. The van der Waals surface area contributed by atoms with Crippen molar-refractivity contribution in [3.8, 4) is 0 Å². The largest absolute Gasteiger partial charge is 0.354 e. The second-order valence-electron chi connectivity index (χ2n) is 5.24. The van der Waals surface area contributed by atoms with Crippen molar-refractivity contribution in [2.75, 3.05) is 0 Å². The van der Waals surface area contributed by atoms with Crippen LogP contribution in [0.25, 0.3) is 0 Å². The van der Waals surface area contributed by atoms with Crippen LogP contribution in [0.2, 0.25) is 0 Å². The Labute approximate surface area is 118 Å². The van der Waals surface area contributed by atoms with Gasteiger partial charge in [0, 0.05) is 13.0 Å². The highest BCUT2D eigenvalue weighted by Gasteiger charge is 2.31. The van der Waals surface area contributed by atoms with Gasteiger partial charge in [0.25, 0.3) is 0 Å². The number of carbonyl (C=O) groups is 3. The fourth-order valence-electron chi connectivity index (χ4n) is 2.79. The monoisotopic (exact) mass is 285 g/mol. The van der Waals surface area contributed by atoms with Crippen LogP contribution in [0.5, 0.6) is 0 Å². The highest BCUT2D eigenvalue weighted by Crippen LogP contribution is 2.29. The van der Waals surface area contributed by atoms with E-state index in [1.165, 1.54) is 6.92 Å². The molecule has 0 heterocycles. The third kappa shape index (κ3) is 4.78. The summed E-state index contributed by atoms with van der Waals surface area (Å²) in [6.07, 6.45) is 3.93. The van der Waals surface area contributed by atoms with Crippen molar-refractivity contribution in [1.29, 1.82) is 0 Å². The molecule has 1 aliphatic rings. The van der Waals surface area contributed by atoms with E-state index in [-0.39, 0.29) is 17.9 Å². The first-order valence-electron chi connectivity index (χ1n) is 6.76. The number of nitrogens with two attached hydrogens (primary N) is 2. The fourth-order valence-corrected chi connectivity index (χ4v) is 2.79. The maximum absolute atomic E-state index is 11.6. The van der Waals surface area contributed by atoms with Crippen LogP contribution in [0.3, 0.4) is 0 Å². The van der Waals surface area contributed by atoms with Crippen LogP contribution < -0.4 is 27.9 Å². The van der Waals surface area contributed by atoms with Gasteiger partial charge in [-0.25, -0.2) is 11.7 Å².